The number of rotatable bonds is 4. The van der Waals surface area contributed by atoms with Crippen molar-refractivity contribution in [2.45, 2.75) is 6.54 Å². The number of fused-ring (bicyclic) bond motifs is 3. The zero-order valence-electron chi connectivity index (χ0n) is 12.7. The van der Waals surface area contributed by atoms with Crippen molar-refractivity contribution < 1.29 is 9.84 Å². The lowest BCUT2D eigenvalue weighted by Gasteiger charge is -2.01. The first-order valence-corrected chi connectivity index (χ1v) is 7.39. The third-order valence-electron chi connectivity index (χ3n) is 3.97. The van der Waals surface area contributed by atoms with Crippen molar-refractivity contribution in [1.29, 1.82) is 0 Å². The summed E-state index contributed by atoms with van der Waals surface area (Å²) in [6.45, 7) is 0.476. The first-order valence-electron chi connectivity index (χ1n) is 7.39. The van der Waals surface area contributed by atoms with Gasteiger partial charge in [-0.15, -0.1) is 0 Å². The van der Waals surface area contributed by atoms with Crippen LogP contribution in [0, 0.1) is 0 Å². The number of pyridine rings is 1. The number of aromatic nitrogens is 4. The number of methoxy groups -OCH3 is 1. The molecule has 3 aromatic heterocycles. The van der Waals surface area contributed by atoms with E-state index in [9.17, 15) is 5.11 Å². The third kappa shape index (κ3) is 2.15. The number of nitrogens with zero attached hydrogens (tertiary/aromatic N) is 3. The summed E-state index contributed by atoms with van der Waals surface area (Å²) in [5.41, 5.74) is 3.64. The molecule has 4 aromatic rings. The van der Waals surface area contributed by atoms with E-state index in [4.69, 9.17) is 9.84 Å². The summed E-state index contributed by atoms with van der Waals surface area (Å²) in [5, 5.41) is 16.0. The molecule has 116 valence electrons. The van der Waals surface area contributed by atoms with Crippen LogP contribution in [0.4, 0.5) is 0 Å². The highest BCUT2D eigenvalue weighted by molar-refractivity contribution is 6.07. The Labute approximate surface area is 132 Å². The lowest BCUT2D eigenvalue weighted by Crippen LogP contribution is -2.04. The molecule has 23 heavy (non-hydrogen) atoms. The highest BCUT2D eigenvalue weighted by Gasteiger charge is 2.16. The number of ether oxygens (including phenoxy) is 1. The molecule has 4 rings (SSSR count). The van der Waals surface area contributed by atoms with Crippen LogP contribution in [0.1, 0.15) is 0 Å². The molecule has 6 heteroatoms. The van der Waals surface area contributed by atoms with Crippen molar-refractivity contribution in [2.75, 3.05) is 13.7 Å². The molecule has 0 spiro atoms. The molecule has 0 saturated carbocycles. The zero-order chi connectivity index (χ0) is 15.8. The molecule has 3 heterocycles. The average Bonchev–Trinajstić information content (AvgIpc) is 3.19. The fourth-order valence-electron chi connectivity index (χ4n) is 2.89. The van der Waals surface area contributed by atoms with E-state index in [2.05, 4.69) is 9.97 Å². The van der Waals surface area contributed by atoms with Gasteiger partial charge in [0, 0.05) is 28.7 Å². The van der Waals surface area contributed by atoms with E-state index < -0.39 is 0 Å². The van der Waals surface area contributed by atoms with Crippen LogP contribution in [0.3, 0.4) is 0 Å². The first kappa shape index (κ1) is 13.8. The van der Waals surface area contributed by atoms with Gasteiger partial charge in [-0.2, -0.15) is 5.10 Å². The number of benzene rings is 1. The Hall–Kier alpha value is -2.86. The summed E-state index contributed by atoms with van der Waals surface area (Å²) in [5.74, 6) is 0.805. The van der Waals surface area contributed by atoms with Crippen LogP contribution in [0.15, 0.2) is 42.7 Å². The second kappa shape index (κ2) is 5.40. The van der Waals surface area contributed by atoms with E-state index in [1.54, 1.807) is 7.11 Å². The minimum absolute atomic E-state index is 0.0348. The molecular weight excluding hydrogens is 292 g/mol. The number of aromatic amines is 1. The van der Waals surface area contributed by atoms with Gasteiger partial charge in [0.1, 0.15) is 17.1 Å². The monoisotopic (exact) mass is 308 g/mol. The van der Waals surface area contributed by atoms with Gasteiger partial charge in [0.25, 0.3) is 0 Å². The van der Waals surface area contributed by atoms with Crippen molar-refractivity contribution in [1.82, 2.24) is 19.7 Å². The standard InChI is InChI=1S/C17H16N4O2/c1-23-12-4-2-11(3-5-12)15-14-10-19-17-13(6-7-18-17)16(14)21(20-15)8-9-22/h2-7,10,22H,8-9H2,1H3,(H,18,19). The van der Waals surface area contributed by atoms with Crippen LogP contribution >= 0.6 is 0 Å². The maximum Gasteiger partial charge on any atom is 0.139 e. The normalized spacial score (nSPS) is 11.4. The Kier molecular flexibility index (Phi) is 3.24. The van der Waals surface area contributed by atoms with Gasteiger partial charge in [0.15, 0.2) is 0 Å². The quantitative estimate of drug-likeness (QED) is 0.607. The van der Waals surface area contributed by atoms with Gasteiger partial charge < -0.3 is 14.8 Å². The van der Waals surface area contributed by atoms with Gasteiger partial charge in [-0.25, -0.2) is 4.98 Å². The van der Waals surface area contributed by atoms with Crippen molar-refractivity contribution in [3.05, 3.63) is 42.7 Å². The summed E-state index contributed by atoms with van der Waals surface area (Å²) < 4.78 is 7.05. The van der Waals surface area contributed by atoms with E-state index in [-0.39, 0.29) is 6.61 Å². The Morgan fingerprint density at radius 1 is 1.17 bits per heavy atom. The number of aliphatic hydroxyl groups is 1. The summed E-state index contributed by atoms with van der Waals surface area (Å²) in [6.07, 6.45) is 3.69. The largest absolute Gasteiger partial charge is 0.497 e. The highest BCUT2D eigenvalue weighted by atomic mass is 16.5. The van der Waals surface area contributed by atoms with Gasteiger partial charge in [-0.1, -0.05) is 0 Å². The summed E-state index contributed by atoms with van der Waals surface area (Å²) in [6, 6.07) is 9.76. The van der Waals surface area contributed by atoms with E-state index >= 15 is 0 Å². The fraction of sp³-hybridized carbons (Fsp3) is 0.176. The Morgan fingerprint density at radius 2 is 2.00 bits per heavy atom. The van der Waals surface area contributed by atoms with Crippen molar-refractivity contribution in [2.24, 2.45) is 0 Å². The molecule has 0 amide bonds. The Bertz CT molecular complexity index is 970. The summed E-state index contributed by atoms with van der Waals surface area (Å²) in [4.78, 5) is 7.58. The van der Waals surface area contributed by atoms with Crippen molar-refractivity contribution in [3.8, 4) is 17.0 Å². The second-order valence-corrected chi connectivity index (χ2v) is 5.28. The molecular formula is C17H16N4O2. The topological polar surface area (TPSA) is 76.0 Å². The molecule has 0 aliphatic rings. The van der Waals surface area contributed by atoms with E-state index in [1.807, 2.05) is 47.4 Å². The molecule has 1 aromatic carbocycles. The molecule has 0 bridgehead atoms. The fourth-order valence-corrected chi connectivity index (χ4v) is 2.89. The molecule has 0 saturated heterocycles. The minimum atomic E-state index is 0.0348. The van der Waals surface area contributed by atoms with Crippen LogP contribution < -0.4 is 4.74 Å². The highest BCUT2D eigenvalue weighted by Crippen LogP contribution is 2.32. The van der Waals surface area contributed by atoms with E-state index in [0.29, 0.717) is 6.54 Å². The third-order valence-corrected chi connectivity index (χ3v) is 3.97. The molecule has 0 unspecified atom stereocenters. The van der Waals surface area contributed by atoms with E-state index in [0.717, 1.165) is 38.9 Å². The van der Waals surface area contributed by atoms with Gasteiger partial charge in [-0.05, 0) is 30.3 Å². The number of aliphatic hydroxyl groups excluding tert-OH is 1. The second-order valence-electron chi connectivity index (χ2n) is 5.28. The maximum atomic E-state index is 9.35. The van der Waals surface area contributed by atoms with Crippen LogP contribution in [0.25, 0.3) is 33.2 Å². The average molecular weight is 308 g/mol. The van der Waals surface area contributed by atoms with Crippen LogP contribution in [-0.2, 0) is 6.54 Å². The Morgan fingerprint density at radius 3 is 2.74 bits per heavy atom. The molecule has 0 aliphatic heterocycles. The summed E-state index contributed by atoms with van der Waals surface area (Å²) in [7, 11) is 1.65. The van der Waals surface area contributed by atoms with Crippen molar-refractivity contribution >= 4 is 21.9 Å². The van der Waals surface area contributed by atoms with Gasteiger partial charge in [0.2, 0.25) is 0 Å². The SMILES string of the molecule is COc1ccc(-c2nn(CCO)c3c2cnc2[nH]ccc23)cc1. The molecule has 2 N–H and O–H groups in total. The predicted molar refractivity (Wildman–Crippen MR) is 88.5 cm³/mol. The molecule has 6 nitrogen and oxygen atoms in total. The Balaban J connectivity index is 1.98. The lowest BCUT2D eigenvalue weighted by molar-refractivity contribution is 0.272. The predicted octanol–water partition coefficient (Wildman–Crippen LogP) is 2.58. The van der Waals surface area contributed by atoms with Gasteiger partial charge >= 0.3 is 0 Å². The van der Waals surface area contributed by atoms with Crippen molar-refractivity contribution in [3.63, 3.8) is 0 Å². The molecule has 0 aliphatic carbocycles. The number of H-pyrrole nitrogens is 1. The van der Waals surface area contributed by atoms with Crippen LogP contribution in [0.5, 0.6) is 5.75 Å². The zero-order valence-corrected chi connectivity index (χ0v) is 12.7. The summed E-state index contributed by atoms with van der Waals surface area (Å²) >= 11 is 0. The first-order chi connectivity index (χ1) is 11.3. The minimum Gasteiger partial charge on any atom is -0.497 e. The van der Waals surface area contributed by atoms with Crippen LogP contribution in [0.2, 0.25) is 0 Å². The molecule has 0 atom stereocenters. The van der Waals surface area contributed by atoms with E-state index in [1.165, 1.54) is 0 Å². The maximum absolute atomic E-state index is 9.35. The molecule has 0 fully saturated rings. The number of hydrogen-bond acceptors (Lipinski definition) is 4. The molecule has 0 radical (unpaired) electrons. The smallest absolute Gasteiger partial charge is 0.139 e. The number of nitrogens with one attached hydrogen (secondary N) is 1. The van der Waals surface area contributed by atoms with Crippen LogP contribution in [-0.4, -0.2) is 38.6 Å². The number of hydrogen-bond donors (Lipinski definition) is 2. The lowest BCUT2D eigenvalue weighted by atomic mass is 10.1. The van der Waals surface area contributed by atoms with Gasteiger partial charge in [0.05, 0.1) is 25.8 Å². The van der Waals surface area contributed by atoms with Gasteiger partial charge in [-0.3, -0.25) is 4.68 Å².